The molecule has 14 heavy (non-hydrogen) atoms. The van der Waals surface area contributed by atoms with Gasteiger partial charge in [0.15, 0.2) is 0 Å². The van der Waals surface area contributed by atoms with Crippen LogP contribution in [0.3, 0.4) is 0 Å². The zero-order valence-electron chi connectivity index (χ0n) is 7.84. The summed E-state index contributed by atoms with van der Waals surface area (Å²) in [7, 11) is 2.20. The maximum atomic E-state index is 8.34. The summed E-state index contributed by atoms with van der Waals surface area (Å²) < 4.78 is 14.7. The van der Waals surface area contributed by atoms with Crippen LogP contribution in [0.1, 0.15) is 0 Å². The molecular formula is C8H11BNO4. The average Bonchev–Trinajstić information content (AvgIpc) is 2.21. The summed E-state index contributed by atoms with van der Waals surface area (Å²) in [6.45, 7) is 0.972. The summed E-state index contributed by atoms with van der Waals surface area (Å²) >= 11 is 0. The van der Waals surface area contributed by atoms with Gasteiger partial charge in [0, 0.05) is 13.2 Å². The van der Waals surface area contributed by atoms with Crippen molar-refractivity contribution in [2.75, 3.05) is 20.3 Å². The highest BCUT2D eigenvalue weighted by atomic mass is 16.5. The van der Waals surface area contributed by atoms with Gasteiger partial charge in [0.2, 0.25) is 5.88 Å². The number of methoxy groups -OCH3 is 1. The second-order valence-electron chi connectivity index (χ2n) is 2.40. The smallest absolute Gasteiger partial charge is 0.536 e. The number of pyridine rings is 1. The summed E-state index contributed by atoms with van der Waals surface area (Å²) in [5.74, 6) is 0.943. The first-order valence-electron chi connectivity index (χ1n) is 4.07. The molecule has 75 valence electrons. The third-order valence-electron chi connectivity index (χ3n) is 1.44. The van der Waals surface area contributed by atoms with E-state index in [0.717, 1.165) is 0 Å². The monoisotopic (exact) mass is 196 g/mol. The van der Waals surface area contributed by atoms with E-state index in [4.69, 9.17) is 14.5 Å². The van der Waals surface area contributed by atoms with Gasteiger partial charge in [0.05, 0.1) is 12.8 Å². The highest BCUT2D eigenvalue weighted by molar-refractivity contribution is 6.17. The maximum Gasteiger partial charge on any atom is 0.569 e. The second-order valence-corrected chi connectivity index (χ2v) is 2.40. The van der Waals surface area contributed by atoms with E-state index in [0.29, 0.717) is 32.5 Å². The Morgan fingerprint density at radius 2 is 2.29 bits per heavy atom. The molecule has 1 rings (SSSR count). The zero-order valence-corrected chi connectivity index (χ0v) is 7.84. The molecule has 0 bridgehead atoms. The molecule has 1 heterocycles. The van der Waals surface area contributed by atoms with Crippen LogP contribution in [0.5, 0.6) is 11.6 Å². The average molecular weight is 196 g/mol. The number of nitrogens with zero attached hydrogens (tertiary/aromatic N) is 1. The fourth-order valence-corrected chi connectivity index (χ4v) is 0.812. The van der Waals surface area contributed by atoms with Gasteiger partial charge in [-0.05, 0) is 6.07 Å². The van der Waals surface area contributed by atoms with Crippen molar-refractivity contribution in [1.82, 2.24) is 4.98 Å². The van der Waals surface area contributed by atoms with Gasteiger partial charge in [-0.25, -0.2) is 4.98 Å². The number of rotatable bonds is 6. The first-order valence-corrected chi connectivity index (χ1v) is 4.07. The fraction of sp³-hybridized carbons (Fsp3) is 0.375. The molecule has 0 amide bonds. The van der Waals surface area contributed by atoms with Crippen LogP contribution >= 0.6 is 0 Å². The maximum absolute atomic E-state index is 8.34. The SMILES string of the molecule is COCCOc1ccc(O[B]O)cn1. The molecule has 1 aromatic heterocycles. The van der Waals surface area contributed by atoms with E-state index in [-0.39, 0.29) is 0 Å². The van der Waals surface area contributed by atoms with Crippen molar-refractivity contribution in [3.63, 3.8) is 0 Å². The number of hydrogen-bond acceptors (Lipinski definition) is 5. The molecule has 5 nitrogen and oxygen atoms in total. The number of ether oxygens (including phenoxy) is 2. The van der Waals surface area contributed by atoms with Gasteiger partial charge in [0.1, 0.15) is 12.4 Å². The lowest BCUT2D eigenvalue weighted by molar-refractivity contribution is 0.143. The molecule has 0 saturated carbocycles. The van der Waals surface area contributed by atoms with Gasteiger partial charge < -0.3 is 19.2 Å². The van der Waals surface area contributed by atoms with Crippen molar-refractivity contribution in [3.05, 3.63) is 18.3 Å². The largest absolute Gasteiger partial charge is 0.569 e. The topological polar surface area (TPSA) is 60.8 Å². The first kappa shape index (κ1) is 10.8. The Labute approximate surface area is 82.9 Å². The molecule has 0 atom stereocenters. The third-order valence-corrected chi connectivity index (χ3v) is 1.44. The minimum Gasteiger partial charge on any atom is -0.536 e. The fourth-order valence-electron chi connectivity index (χ4n) is 0.812. The van der Waals surface area contributed by atoms with Crippen LogP contribution in [0.2, 0.25) is 0 Å². The Balaban J connectivity index is 2.38. The van der Waals surface area contributed by atoms with Crippen molar-refractivity contribution < 1.29 is 19.2 Å². The first-order chi connectivity index (χ1) is 6.86. The van der Waals surface area contributed by atoms with Crippen LogP contribution in [-0.4, -0.2) is 38.0 Å². The molecule has 0 fully saturated rings. The van der Waals surface area contributed by atoms with E-state index in [1.54, 1.807) is 19.2 Å². The van der Waals surface area contributed by atoms with Crippen molar-refractivity contribution in [3.8, 4) is 11.6 Å². The highest BCUT2D eigenvalue weighted by Gasteiger charge is 1.97. The van der Waals surface area contributed by atoms with Gasteiger partial charge in [-0.2, -0.15) is 0 Å². The van der Waals surface area contributed by atoms with Crippen LogP contribution in [0, 0.1) is 0 Å². The number of hydrogen-bond donors (Lipinski definition) is 1. The van der Waals surface area contributed by atoms with Gasteiger partial charge in [-0.1, -0.05) is 0 Å². The lowest BCUT2D eigenvalue weighted by Gasteiger charge is -2.05. The predicted molar refractivity (Wildman–Crippen MR) is 50.2 cm³/mol. The summed E-state index contributed by atoms with van der Waals surface area (Å²) in [4.78, 5) is 3.94. The van der Waals surface area contributed by atoms with Gasteiger partial charge in [0.25, 0.3) is 0 Å². The van der Waals surface area contributed by atoms with Crippen LogP contribution < -0.4 is 9.39 Å². The molecule has 1 radical (unpaired) electrons. The molecule has 1 N–H and O–H groups in total. The minimum absolute atomic E-state index is 0.451. The molecule has 0 aliphatic heterocycles. The molecule has 0 aromatic carbocycles. The summed E-state index contributed by atoms with van der Waals surface area (Å²) in [5, 5.41) is 8.34. The van der Waals surface area contributed by atoms with Crippen molar-refractivity contribution >= 4 is 7.69 Å². The van der Waals surface area contributed by atoms with Crippen molar-refractivity contribution in [2.45, 2.75) is 0 Å². The number of aromatic nitrogens is 1. The standard InChI is InChI=1S/C8H11BNO4/c1-12-4-5-13-8-3-2-7(6-10-8)14-9-11/h2-3,6,11H,4-5H2,1H3. The Hall–Kier alpha value is -1.27. The van der Waals surface area contributed by atoms with E-state index in [1.807, 2.05) is 0 Å². The second kappa shape index (κ2) is 6.23. The molecule has 0 saturated heterocycles. The molecule has 0 aliphatic rings. The predicted octanol–water partition coefficient (Wildman–Crippen LogP) is 0.0121. The van der Waals surface area contributed by atoms with E-state index in [1.165, 1.54) is 6.20 Å². The normalized spacial score (nSPS) is 9.57. The third kappa shape index (κ3) is 3.63. The van der Waals surface area contributed by atoms with Crippen molar-refractivity contribution in [1.29, 1.82) is 0 Å². The molecule has 0 unspecified atom stereocenters. The van der Waals surface area contributed by atoms with Gasteiger partial charge >= 0.3 is 7.69 Å². The molecular weight excluding hydrogens is 185 g/mol. The lowest BCUT2D eigenvalue weighted by atomic mass is 10.4. The zero-order chi connectivity index (χ0) is 10.2. The quantitative estimate of drug-likeness (QED) is 0.513. The van der Waals surface area contributed by atoms with Crippen LogP contribution in [0.25, 0.3) is 0 Å². The summed E-state index contributed by atoms with van der Waals surface area (Å²) in [6, 6.07) is 3.29. The van der Waals surface area contributed by atoms with Crippen LogP contribution in [0.15, 0.2) is 18.3 Å². The molecule has 0 aliphatic carbocycles. The summed E-state index contributed by atoms with van der Waals surface area (Å²) in [6.07, 6.45) is 1.45. The molecule has 6 heteroatoms. The highest BCUT2D eigenvalue weighted by Crippen LogP contribution is 2.12. The lowest BCUT2D eigenvalue weighted by Crippen LogP contribution is -2.05. The minimum atomic E-state index is 0.451. The molecule has 1 aromatic rings. The van der Waals surface area contributed by atoms with Gasteiger partial charge in [-0.3, -0.25) is 0 Å². The molecule has 0 spiro atoms. The van der Waals surface area contributed by atoms with E-state index in [2.05, 4.69) is 9.64 Å². The Morgan fingerprint density at radius 3 is 2.86 bits per heavy atom. The van der Waals surface area contributed by atoms with Crippen LogP contribution in [0.4, 0.5) is 0 Å². The van der Waals surface area contributed by atoms with Crippen molar-refractivity contribution in [2.24, 2.45) is 0 Å². The van der Waals surface area contributed by atoms with Gasteiger partial charge in [-0.15, -0.1) is 0 Å². The Morgan fingerprint density at radius 1 is 1.43 bits per heavy atom. The van der Waals surface area contributed by atoms with E-state index in [9.17, 15) is 0 Å². The van der Waals surface area contributed by atoms with Crippen LogP contribution in [-0.2, 0) is 4.74 Å². The van der Waals surface area contributed by atoms with E-state index < -0.39 is 0 Å². The van der Waals surface area contributed by atoms with E-state index >= 15 is 0 Å². The Kier molecular flexibility index (Phi) is 4.81. The Bertz CT molecular complexity index is 254. The summed E-state index contributed by atoms with van der Waals surface area (Å²) in [5.41, 5.74) is 0.